The zero-order valence-corrected chi connectivity index (χ0v) is 12.6. The number of halogens is 3. The number of alkyl halides is 3. The summed E-state index contributed by atoms with van der Waals surface area (Å²) >= 11 is 4.95. The van der Waals surface area contributed by atoms with E-state index in [1.807, 2.05) is 0 Å². The lowest BCUT2D eigenvalue weighted by atomic mass is 10.1. The van der Waals surface area contributed by atoms with Crippen LogP contribution in [0.3, 0.4) is 0 Å². The van der Waals surface area contributed by atoms with Gasteiger partial charge < -0.3 is 10.6 Å². The highest BCUT2D eigenvalue weighted by molar-refractivity contribution is 7.80. The van der Waals surface area contributed by atoms with Gasteiger partial charge in [0.2, 0.25) is 0 Å². The van der Waals surface area contributed by atoms with Crippen LogP contribution in [0.5, 0.6) is 0 Å². The van der Waals surface area contributed by atoms with E-state index >= 15 is 0 Å². The lowest BCUT2D eigenvalue weighted by molar-refractivity contribution is -0.120. The molecule has 1 aromatic rings. The monoisotopic (exact) mass is 306 g/mol. The van der Waals surface area contributed by atoms with E-state index < -0.39 is 18.8 Å². The zero-order chi connectivity index (χ0) is 15.7. The Balaban J connectivity index is 3.41. The number of rotatable bonds is 4. The number of aryl methyl sites for hydroxylation is 1. The molecule has 1 rings (SSSR count). The molecule has 0 saturated heterocycles. The second-order valence-electron chi connectivity index (χ2n) is 4.81. The largest absolute Gasteiger partial charge is 0.405 e. The molecule has 0 unspecified atom stereocenters. The Labute approximate surface area is 121 Å². The third-order valence-electron chi connectivity index (χ3n) is 2.93. The van der Waals surface area contributed by atoms with Crippen molar-refractivity contribution in [3.8, 4) is 0 Å². The Hall–Kier alpha value is -1.44. The number of nitrogens with two attached hydrogens (primary N) is 1. The SMILES string of the molecule is Cc1nnc(N(CC(F)(F)F)C(C)C)c(C(N)=S)c1C. The molecule has 0 aromatic carbocycles. The lowest BCUT2D eigenvalue weighted by Crippen LogP contribution is -2.41. The maximum Gasteiger partial charge on any atom is 0.405 e. The predicted octanol–water partition coefficient (Wildman–Crippen LogP) is 2.50. The summed E-state index contributed by atoms with van der Waals surface area (Å²) in [5.41, 5.74) is 7.23. The molecule has 4 nitrogen and oxygen atoms in total. The molecule has 20 heavy (non-hydrogen) atoms. The zero-order valence-electron chi connectivity index (χ0n) is 11.7. The van der Waals surface area contributed by atoms with Gasteiger partial charge in [-0.3, -0.25) is 0 Å². The summed E-state index contributed by atoms with van der Waals surface area (Å²) in [4.78, 5) is 1.12. The predicted molar refractivity (Wildman–Crippen MR) is 75.9 cm³/mol. The van der Waals surface area contributed by atoms with Gasteiger partial charge in [-0.05, 0) is 33.3 Å². The van der Waals surface area contributed by atoms with Crippen LogP contribution in [0.25, 0.3) is 0 Å². The van der Waals surface area contributed by atoms with Gasteiger partial charge in [-0.2, -0.15) is 18.3 Å². The van der Waals surface area contributed by atoms with E-state index in [1.165, 1.54) is 0 Å². The summed E-state index contributed by atoms with van der Waals surface area (Å²) in [6.07, 6.45) is -4.35. The summed E-state index contributed by atoms with van der Waals surface area (Å²) in [6.45, 7) is 5.58. The van der Waals surface area contributed by atoms with E-state index in [0.717, 1.165) is 4.90 Å². The van der Waals surface area contributed by atoms with Crippen LogP contribution in [0.1, 0.15) is 30.7 Å². The van der Waals surface area contributed by atoms with Crippen LogP contribution in [-0.2, 0) is 0 Å². The minimum absolute atomic E-state index is 0.0170. The van der Waals surface area contributed by atoms with Crippen LogP contribution < -0.4 is 10.6 Å². The number of nitrogens with zero attached hydrogens (tertiary/aromatic N) is 3. The molecular weight excluding hydrogens is 289 g/mol. The van der Waals surface area contributed by atoms with Crippen LogP contribution in [0.2, 0.25) is 0 Å². The minimum atomic E-state index is -4.35. The summed E-state index contributed by atoms with van der Waals surface area (Å²) in [5, 5.41) is 7.76. The van der Waals surface area contributed by atoms with Crippen LogP contribution in [0, 0.1) is 13.8 Å². The molecule has 0 aliphatic heterocycles. The first-order valence-electron chi connectivity index (χ1n) is 6.01. The smallest absolute Gasteiger partial charge is 0.389 e. The Bertz CT molecular complexity index is 514. The van der Waals surface area contributed by atoms with Gasteiger partial charge in [0, 0.05) is 6.04 Å². The highest BCUT2D eigenvalue weighted by Crippen LogP contribution is 2.27. The van der Waals surface area contributed by atoms with E-state index in [2.05, 4.69) is 10.2 Å². The van der Waals surface area contributed by atoms with E-state index in [0.29, 0.717) is 16.8 Å². The Morgan fingerprint density at radius 1 is 1.30 bits per heavy atom. The Morgan fingerprint density at radius 2 is 1.85 bits per heavy atom. The number of aromatic nitrogens is 2. The van der Waals surface area contributed by atoms with Crippen molar-refractivity contribution in [2.75, 3.05) is 11.4 Å². The normalized spacial score (nSPS) is 11.8. The summed E-state index contributed by atoms with van der Waals surface area (Å²) < 4.78 is 38.1. The van der Waals surface area contributed by atoms with Gasteiger partial charge in [0.25, 0.3) is 0 Å². The van der Waals surface area contributed by atoms with Crippen molar-refractivity contribution in [2.24, 2.45) is 5.73 Å². The fourth-order valence-corrected chi connectivity index (χ4v) is 2.03. The van der Waals surface area contributed by atoms with Crippen LogP contribution in [-0.4, -0.2) is 33.9 Å². The number of anilines is 1. The molecule has 0 saturated carbocycles. The van der Waals surface area contributed by atoms with E-state index in [1.54, 1.807) is 27.7 Å². The van der Waals surface area contributed by atoms with Crippen molar-refractivity contribution >= 4 is 23.0 Å². The van der Waals surface area contributed by atoms with Crippen molar-refractivity contribution in [3.05, 3.63) is 16.8 Å². The first-order chi connectivity index (χ1) is 9.04. The molecule has 2 N–H and O–H groups in total. The summed E-state index contributed by atoms with van der Waals surface area (Å²) in [7, 11) is 0. The van der Waals surface area contributed by atoms with Gasteiger partial charge in [0.05, 0.1) is 11.3 Å². The van der Waals surface area contributed by atoms with E-state index in [4.69, 9.17) is 18.0 Å². The van der Waals surface area contributed by atoms with Gasteiger partial charge in [-0.25, -0.2) is 0 Å². The topological polar surface area (TPSA) is 55.0 Å². The molecule has 8 heteroatoms. The maximum atomic E-state index is 12.7. The molecule has 0 fully saturated rings. The molecular formula is C12H17F3N4S. The van der Waals surface area contributed by atoms with Crippen LogP contribution in [0.4, 0.5) is 19.0 Å². The van der Waals surface area contributed by atoms with Crippen molar-refractivity contribution in [2.45, 2.75) is 39.9 Å². The standard InChI is InChI=1S/C12H17F3N4S/c1-6(2)19(5-12(13,14)15)11-9(10(16)20)7(3)8(4)17-18-11/h6H,5H2,1-4H3,(H2,16,20). The van der Waals surface area contributed by atoms with E-state index in [9.17, 15) is 13.2 Å². The maximum absolute atomic E-state index is 12.7. The summed E-state index contributed by atoms with van der Waals surface area (Å²) in [5.74, 6) is 0.0768. The molecule has 0 atom stereocenters. The van der Waals surface area contributed by atoms with Crippen LogP contribution in [0.15, 0.2) is 0 Å². The first-order valence-corrected chi connectivity index (χ1v) is 6.42. The highest BCUT2D eigenvalue weighted by atomic mass is 32.1. The van der Waals surface area contributed by atoms with Crippen LogP contribution >= 0.6 is 12.2 Å². The van der Waals surface area contributed by atoms with Gasteiger partial charge in [0.15, 0.2) is 5.82 Å². The fraction of sp³-hybridized carbons (Fsp3) is 0.583. The third kappa shape index (κ3) is 3.78. The van der Waals surface area contributed by atoms with Gasteiger partial charge >= 0.3 is 6.18 Å². The van der Waals surface area contributed by atoms with Gasteiger partial charge in [-0.1, -0.05) is 12.2 Å². The number of thiocarbonyl (C=S) groups is 1. The molecule has 0 spiro atoms. The quantitative estimate of drug-likeness (QED) is 0.866. The Kier molecular flexibility index (Phi) is 4.90. The number of hydrogen-bond donors (Lipinski definition) is 1. The average molecular weight is 306 g/mol. The minimum Gasteiger partial charge on any atom is -0.389 e. The van der Waals surface area contributed by atoms with Gasteiger partial charge in [0.1, 0.15) is 11.5 Å². The average Bonchev–Trinajstić information content (AvgIpc) is 2.27. The third-order valence-corrected chi connectivity index (χ3v) is 3.13. The van der Waals surface area contributed by atoms with Gasteiger partial charge in [-0.15, -0.1) is 5.10 Å². The highest BCUT2D eigenvalue weighted by Gasteiger charge is 2.34. The Morgan fingerprint density at radius 3 is 2.25 bits per heavy atom. The molecule has 0 amide bonds. The fourth-order valence-electron chi connectivity index (χ4n) is 1.79. The second kappa shape index (κ2) is 5.90. The molecule has 0 bridgehead atoms. The van der Waals surface area contributed by atoms with Crippen molar-refractivity contribution in [1.82, 2.24) is 10.2 Å². The van der Waals surface area contributed by atoms with Crippen molar-refractivity contribution in [1.29, 1.82) is 0 Å². The lowest BCUT2D eigenvalue weighted by Gasteiger charge is -2.30. The van der Waals surface area contributed by atoms with E-state index in [-0.39, 0.29) is 10.8 Å². The molecule has 0 radical (unpaired) electrons. The molecule has 1 heterocycles. The molecule has 1 aromatic heterocycles. The molecule has 112 valence electrons. The summed E-state index contributed by atoms with van der Waals surface area (Å²) in [6, 6.07) is -0.416. The van der Waals surface area contributed by atoms with Crippen molar-refractivity contribution < 1.29 is 13.2 Å². The second-order valence-corrected chi connectivity index (χ2v) is 5.25. The van der Waals surface area contributed by atoms with Crippen molar-refractivity contribution in [3.63, 3.8) is 0 Å². The first kappa shape index (κ1) is 16.6. The molecule has 0 aliphatic rings. The molecule has 0 aliphatic carbocycles. The number of hydrogen-bond acceptors (Lipinski definition) is 4.